The largest absolute Gasteiger partial charge is 0.316 e. The smallest absolute Gasteiger partial charge is 0.0516 e. The van der Waals surface area contributed by atoms with Crippen LogP contribution in [0.1, 0.15) is 53.4 Å². The van der Waals surface area contributed by atoms with Crippen molar-refractivity contribution in [1.82, 2.24) is 15.5 Å². The minimum atomic E-state index is 0.251. The molecule has 1 fully saturated rings. The van der Waals surface area contributed by atoms with Crippen molar-refractivity contribution in [3.05, 3.63) is 36.0 Å². The predicted molar refractivity (Wildman–Crippen MR) is 136 cm³/mol. The molecule has 0 saturated carbocycles. The van der Waals surface area contributed by atoms with Crippen LogP contribution in [-0.2, 0) is 0 Å². The second kappa shape index (κ2) is 11.5. The normalized spacial score (nSPS) is 32.3. The number of likely N-dealkylation sites (N-methyl/N-ethyl adjacent to an activating group) is 1. The van der Waals surface area contributed by atoms with E-state index in [4.69, 9.17) is 11.6 Å². The van der Waals surface area contributed by atoms with E-state index in [0.29, 0.717) is 29.2 Å². The van der Waals surface area contributed by atoms with E-state index >= 15 is 0 Å². The lowest BCUT2D eigenvalue weighted by Gasteiger charge is -2.48. The van der Waals surface area contributed by atoms with Crippen LogP contribution in [0.2, 0.25) is 0 Å². The molecule has 3 aliphatic rings. The summed E-state index contributed by atoms with van der Waals surface area (Å²) in [7, 11) is 2.02. The summed E-state index contributed by atoms with van der Waals surface area (Å²) in [4.78, 5) is 2.73. The van der Waals surface area contributed by atoms with Crippen LogP contribution in [-0.4, -0.2) is 56.1 Å². The first-order valence-corrected chi connectivity index (χ1v) is 13.0. The third kappa shape index (κ3) is 7.19. The van der Waals surface area contributed by atoms with E-state index < -0.39 is 0 Å². The molecule has 3 nitrogen and oxygen atoms in total. The Morgan fingerprint density at radius 1 is 1.19 bits per heavy atom. The van der Waals surface area contributed by atoms with Crippen LogP contribution in [0, 0.1) is 29.1 Å². The molecule has 0 spiro atoms. The second-order valence-electron chi connectivity index (χ2n) is 11.2. The van der Waals surface area contributed by atoms with Crippen LogP contribution in [0.3, 0.4) is 0 Å². The van der Waals surface area contributed by atoms with Crippen molar-refractivity contribution in [2.24, 2.45) is 29.1 Å². The van der Waals surface area contributed by atoms with Gasteiger partial charge in [-0.1, -0.05) is 58.1 Å². The van der Waals surface area contributed by atoms with Gasteiger partial charge >= 0.3 is 0 Å². The van der Waals surface area contributed by atoms with Gasteiger partial charge in [-0.3, -0.25) is 0 Å². The molecule has 3 rings (SSSR count). The van der Waals surface area contributed by atoms with Crippen molar-refractivity contribution < 1.29 is 0 Å². The topological polar surface area (TPSA) is 27.3 Å². The van der Waals surface area contributed by atoms with Gasteiger partial charge in [0.15, 0.2) is 0 Å². The Bertz CT molecular complexity index is 651. The lowest BCUT2D eigenvalue weighted by atomic mass is 9.65. The fraction of sp³-hybridized carbons (Fsp3) is 0.778. The van der Waals surface area contributed by atoms with Crippen LogP contribution in [0.25, 0.3) is 0 Å². The number of halogens is 1. The maximum atomic E-state index is 6.30. The molecule has 1 saturated heterocycles. The van der Waals surface area contributed by atoms with Crippen LogP contribution in [0.5, 0.6) is 0 Å². The quantitative estimate of drug-likeness (QED) is 0.373. The van der Waals surface area contributed by atoms with Crippen LogP contribution >= 0.6 is 11.6 Å². The van der Waals surface area contributed by atoms with E-state index in [9.17, 15) is 0 Å². The van der Waals surface area contributed by atoms with E-state index in [2.05, 4.69) is 73.6 Å². The molecule has 5 atom stereocenters. The van der Waals surface area contributed by atoms with Crippen LogP contribution in [0.4, 0.5) is 0 Å². The second-order valence-corrected chi connectivity index (χ2v) is 11.8. The van der Waals surface area contributed by atoms with Gasteiger partial charge < -0.3 is 15.5 Å². The van der Waals surface area contributed by atoms with Gasteiger partial charge in [0.2, 0.25) is 0 Å². The molecule has 4 heteroatoms. The molecular formula is C27H46ClN3. The fourth-order valence-corrected chi connectivity index (χ4v) is 6.16. The Hall–Kier alpha value is -0.610. The number of alkyl halides is 1. The Morgan fingerprint density at radius 2 is 2.00 bits per heavy atom. The number of nitrogens with zero attached hydrogens (tertiary/aromatic N) is 1. The molecule has 1 aliphatic heterocycles. The lowest BCUT2D eigenvalue weighted by Crippen LogP contribution is -2.53. The summed E-state index contributed by atoms with van der Waals surface area (Å²) in [6, 6.07) is 0.547. The third-order valence-corrected chi connectivity index (χ3v) is 8.12. The fourth-order valence-electron chi connectivity index (χ4n) is 5.95. The van der Waals surface area contributed by atoms with Gasteiger partial charge in [0.05, 0.1) is 5.38 Å². The SMILES string of the molecule is CNCC1=CC(CN[C@@H](CN2CCC(C3C=CC(Cl)CC3)C(C)(C)C2)C(C)C)CC=C1. The molecule has 31 heavy (non-hydrogen) atoms. The van der Waals surface area contributed by atoms with E-state index in [-0.39, 0.29) is 5.38 Å². The summed E-state index contributed by atoms with van der Waals surface area (Å²) < 4.78 is 0. The highest BCUT2D eigenvalue weighted by Crippen LogP contribution is 2.43. The Morgan fingerprint density at radius 3 is 2.65 bits per heavy atom. The molecule has 0 bridgehead atoms. The Balaban J connectivity index is 1.52. The minimum Gasteiger partial charge on any atom is -0.316 e. The molecule has 2 N–H and O–H groups in total. The zero-order valence-electron chi connectivity index (χ0n) is 20.5. The summed E-state index contributed by atoms with van der Waals surface area (Å²) in [5.74, 6) is 2.74. The molecule has 0 radical (unpaired) electrons. The molecule has 176 valence electrons. The van der Waals surface area contributed by atoms with E-state index in [1.54, 1.807) is 0 Å². The molecule has 0 aromatic rings. The van der Waals surface area contributed by atoms with Crippen molar-refractivity contribution in [3.63, 3.8) is 0 Å². The third-order valence-electron chi connectivity index (χ3n) is 7.75. The maximum Gasteiger partial charge on any atom is 0.0516 e. The predicted octanol–water partition coefficient (Wildman–Crippen LogP) is 5.24. The minimum absolute atomic E-state index is 0.251. The van der Waals surface area contributed by atoms with Crippen molar-refractivity contribution in [2.75, 3.05) is 39.8 Å². The summed E-state index contributed by atoms with van der Waals surface area (Å²) in [5.41, 5.74) is 1.77. The standard InChI is InChI=1S/C27H46ClN3/c1-20(2)26(30-17-22-8-6-7-21(15-22)16-29-5)18-31-14-13-25(27(3,4)19-31)23-9-11-24(28)12-10-23/h6-7,9,11,15,20,22-26,29-30H,8,10,12-14,16-19H2,1-5H3/t22?,23?,24?,25?,26-/m0/s1. The first-order chi connectivity index (χ1) is 14.8. The van der Waals surface area contributed by atoms with Crippen LogP contribution in [0.15, 0.2) is 36.0 Å². The molecule has 0 aromatic carbocycles. The van der Waals surface area contributed by atoms with Gasteiger partial charge in [-0.25, -0.2) is 0 Å². The molecule has 2 aliphatic carbocycles. The number of hydrogen-bond acceptors (Lipinski definition) is 3. The zero-order chi connectivity index (χ0) is 22.4. The first-order valence-electron chi connectivity index (χ1n) is 12.6. The number of rotatable bonds is 9. The highest BCUT2D eigenvalue weighted by atomic mass is 35.5. The zero-order valence-corrected chi connectivity index (χ0v) is 21.3. The van der Waals surface area contributed by atoms with Crippen molar-refractivity contribution in [1.29, 1.82) is 0 Å². The summed E-state index contributed by atoms with van der Waals surface area (Å²) in [5, 5.41) is 7.47. The Kier molecular flexibility index (Phi) is 9.28. The lowest BCUT2D eigenvalue weighted by molar-refractivity contribution is 0.0219. The van der Waals surface area contributed by atoms with Gasteiger partial charge in [0, 0.05) is 32.2 Å². The summed E-state index contributed by atoms with van der Waals surface area (Å²) in [6.07, 6.45) is 16.6. The molecule has 0 amide bonds. The molecule has 0 aromatic heterocycles. The van der Waals surface area contributed by atoms with E-state index in [0.717, 1.165) is 38.4 Å². The van der Waals surface area contributed by atoms with Gasteiger partial charge in [-0.05, 0) is 73.9 Å². The Labute approximate surface area is 196 Å². The first kappa shape index (κ1) is 25.0. The molecule has 1 heterocycles. The van der Waals surface area contributed by atoms with Crippen LogP contribution < -0.4 is 10.6 Å². The van der Waals surface area contributed by atoms with Crippen molar-refractivity contribution in [3.8, 4) is 0 Å². The van der Waals surface area contributed by atoms with Crippen molar-refractivity contribution in [2.45, 2.75) is 64.8 Å². The number of hydrogen-bond donors (Lipinski definition) is 2. The van der Waals surface area contributed by atoms with E-state index in [1.165, 1.54) is 31.5 Å². The van der Waals surface area contributed by atoms with E-state index in [1.807, 2.05) is 7.05 Å². The monoisotopic (exact) mass is 447 g/mol. The van der Waals surface area contributed by atoms with Gasteiger partial charge in [-0.15, -0.1) is 11.6 Å². The number of likely N-dealkylation sites (tertiary alicyclic amines) is 1. The number of allylic oxidation sites excluding steroid dienone is 3. The number of nitrogens with one attached hydrogen (secondary N) is 2. The number of piperidine rings is 1. The van der Waals surface area contributed by atoms with Gasteiger partial charge in [0.1, 0.15) is 0 Å². The van der Waals surface area contributed by atoms with Crippen molar-refractivity contribution >= 4 is 11.6 Å². The average molecular weight is 448 g/mol. The van der Waals surface area contributed by atoms with Gasteiger partial charge in [-0.2, -0.15) is 0 Å². The summed E-state index contributed by atoms with van der Waals surface area (Å²) in [6.45, 7) is 15.4. The van der Waals surface area contributed by atoms with Gasteiger partial charge in [0.25, 0.3) is 0 Å². The average Bonchev–Trinajstić information content (AvgIpc) is 2.72. The summed E-state index contributed by atoms with van der Waals surface area (Å²) >= 11 is 6.30. The molecule has 4 unspecified atom stereocenters. The highest BCUT2D eigenvalue weighted by molar-refractivity contribution is 6.21. The molecular weight excluding hydrogens is 402 g/mol. The highest BCUT2D eigenvalue weighted by Gasteiger charge is 2.40. The maximum absolute atomic E-state index is 6.30.